The molecule has 0 aliphatic carbocycles. The Morgan fingerprint density at radius 1 is 1.25 bits per heavy atom. The predicted octanol–water partition coefficient (Wildman–Crippen LogP) is 3.52. The van der Waals surface area contributed by atoms with Crippen molar-refractivity contribution >= 4 is 0 Å². The van der Waals surface area contributed by atoms with Crippen LogP contribution in [0.4, 0.5) is 4.39 Å². The van der Waals surface area contributed by atoms with Crippen LogP contribution in [0.2, 0.25) is 0 Å². The van der Waals surface area contributed by atoms with Crippen LogP contribution in [0.25, 0.3) is 0 Å². The fraction of sp³-hybridized carbons (Fsp3) is 0.312. The van der Waals surface area contributed by atoms with Gasteiger partial charge in [-0.05, 0) is 50.5 Å². The average Bonchev–Trinajstić information content (AvgIpc) is 2.36. The topological polar surface area (TPSA) is 48.1 Å². The molecule has 0 aliphatic rings. The van der Waals surface area contributed by atoms with Crippen LogP contribution in [-0.2, 0) is 6.42 Å². The molecule has 106 valence electrons. The third-order valence-corrected chi connectivity index (χ3v) is 3.00. The summed E-state index contributed by atoms with van der Waals surface area (Å²) < 4.78 is 18.9. The van der Waals surface area contributed by atoms with Crippen LogP contribution in [0.5, 0.6) is 11.6 Å². The lowest BCUT2D eigenvalue weighted by Gasteiger charge is -2.12. The van der Waals surface area contributed by atoms with Crippen LogP contribution in [-0.4, -0.2) is 11.0 Å². The highest BCUT2D eigenvalue weighted by Gasteiger charge is 2.08. The molecule has 1 atom stereocenters. The van der Waals surface area contributed by atoms with E-state index in [2.05, 4.69) is 4.98 Å². The van der Waals surface area contributed by atoms with E-state index in [-0.39, 0.29) is 11.9 Å². The summed E-state index contributed by atoms with van der Waals surface area (Å²) in [5, 5.41) is 0. The van der Waals surface area contributed by atoms with E-state index >= 15 is 0 Å². The number of halogens is 1. The normalized spacial score (nSPS) is 12.2. The van der Waals surface area contributed by atoms with Gasteiger partial charge < -0.3 is 10.5 Å². The first-order chi connectivity index (χ1) is 9.45. The third kappa shape index (κ3) is 3.54. The molecular weight excluding hydrogens is 255 g/mol. The second-order valence-electron chi connectivity index (χ2n) is 5.16. The summed E-state index contributed by atoms with van der Waals surface area (Å²) in [4.78, 5) is 4.30. The molecule has 2 aromatic rings. The number of pyridine rings is 1. The molecule has 0 radical (unpaired) electrons. The molecule has 0 bridgehead atoms. The second kappa shape index (κ2) is 6.01. The van der Waals surface area contributed by atoms with Crippen molar-refractivity contribution in [2.45, 2.75) is 33.2 Å². The first-order valence-electron chi connectivity index (χ1n) is 6.61. The largest absolute Gasteiger partial charge is 0.438 e. The minimum atomic E-state index is -0.322. The van der Waals surface area contributed by atoms with Crippen molar-refractivity contribution < 1.29 is 9.13 Å². The van der Waals surface area contributed by atoms with Gasteiger partial charge in [-0.2, -0.15) is 0 Å². The van der Waals surface area contributed by atoms with Crippen molar-refractivity contribution in [1.29, 1.82) is 0 Å². The Hall–Kier alpha value is -1.94. The van der Waals surface area contributed by atoms with E-state index in [1.165, 1.54) is 12.1 Å². The summed E-state index contributed by atoms with van der Waals surface area (Å²) in [6.07, 6.45) is 2.52. The summed E-state index contributed by atoms with van der Waals surface area (Å²) >= 11 is 0. The first-order valence-corrected chi connectivity index (χ1v) is 6.61. The van der Waals surface area contributed by atoms with Gasteiger partial charge in [0.15, 0.2) is 0 Å². The number of nitrogens with zero attached hydrogens (tertiary/aromatic N) is 1. The third-order valence-electron chi connectivity index (χ3n) is 3.00. The molecule has 4 heteroatoms. The summed E-state index contributed by atoms with van der Waals surface area (Å²) in [7, 11) is 0. The lowest BCUT2D eigenvalue weighted by atomic mass is 10.1. The van der Waals surface area contributed by atoms with E-state index in [0.29, 0.717) is 11.6 Å². The molecule has 0 aliphatic heterocycles. The summed E-state index contributed by atoms with van der Waals surface area (Å²) in [5.41, 5.74) is 8.62. The number of ether oxygens (including phenoxy) is 1. The van der Waals surface area contributed by atoms with Gasteiger partial charge in [0.05, 0.1) is 0 Å². The minimum Gasteiger partial charge on any atom is -0.438 e. The van der Waals surface area contributed by atoms with Gasteiger partial charge in [-0.1, -0.05) is 6.07 Å². The first kappa shape index (κ1) is 14.5. The molecule has 0 saturated heterocycles. The summed E-state index contributed by atoms with van der Waals surface area (Å²) in [5.74, 6) is 0.657. The number of aromatic nitrogens is 1. The van der Waals surface area contributed by atoms with Gasteiger partial charge >= 0.3 is 0 Å². The molecule has 0 spiro atoms. The number of hydrogen-bond acceptors (Lipinski definition) is 3. The Morgan fingerprint density at radius 3 is 2.65 bits per heavy atom. The number of rotatable bonds is 4. The summed E-state index contributed by atoms with van der Waals surface area (Å²) in [6, 6.07) is 6.55. The van der Waals surface area contributed by atoms with Crippen LogP contribution in [0, 0.1) is 19.7 Å². The molecule has 0 saturated carbocycles. The Balaban J connectivity index is 2.23. The smallest absolute Gasteiger partial charge is 0.222 e. The van der Waals surface area contributed by atoms with Crippen LogP contribution >= 0.6 is 0 Å². The van der Waals surface area contributed by atoms with E-state index in [1.54, 1.807) is 12.3 Å². The zero-order valence-electron chi connectivity index (χ0n) is 12.0. The molecule has 3 nitrogen and oxygen atoms in total. The van der Waals surface area contributed by atoms with Gasteiger partial charge in [0, 0.05) is 23.9 Å². The van der Waals surface area contributed by atoms with Crippen LogP contribution in [0.3, 0.4) is 0 Å². The van der Waals surface area contributed by atoms with E-state index < -0.39 is 0 Å². The van der Waals surface area contributed by atoms with Crippen LogP contribution < -0.4 is 10.5 Å². The highest BCUT2D eigenvalue weighted by Crippen LogP contribution is 2.27. The Bertz CT molecular complexity index is 611. The molecule has 0 amide bonds. The molecule has 2 rings (SSSR count). The minimum absolute atomic E-state index is 0.0911. The standard InChI is InChI=1S/C16H19FN2O/c1-10-4-5-14(17)8-15(10)20-16-11(2)6-13(9-19-16)7-12(3)18/h4-6,8-9,12H,7,18H2,1-3H3. The highest BCUT2D eigenvalue weighted by atomic mass is 19.1. The maximum Gasteiger partial charge on any atom is 0.222 e. The molecule has 1 aromatic carbocycles. The van der Waals surface area contributed by atoms with E-state index in [0.717, 1.165) is 23.1 Å². The molecule has 0 fully saturated rings. The fourth-order valence-electron chi connectivity index (χ4n) is 2.00. The monoisotopic (exact) mass is 274 g/mol. The van der Waals surface area contributed by atoms with Gasteiger partial charge in [-0.15, -0.1) is 0 Å². The maximum atomic E-state index is 13.2. The summed E-state index contributed by atoms with van der Waals surface area (Å²) in [6.45, 7) is 5.74. The highest BCUT2D eigenvalue weighted by molar-refractivity contribution is 5.38. The van der Waals surface area contributed by atoms with E-state index in [4.69, 9.17) is 10.5 Å². The maximum absolute atomic E-state index is 13.2. The SMILES string of the molecule is Cc1ccc(F)cc1Oc1ncc(CC(C)N)cc1C. The van der Waals surface area contributed by atoms with E-state index in [9.17, 15) is 4.39 Å². The van der Waals surface area contributed by atoms with Crippen molar-refractivity contribution in [3.63, 3.8) is 0 Å². The Kier molecular flexibility index (Phi) is 4.35. The molecule has 20 heavy (non-hydrogen) atoms. The lowest BCUT2D eigenvalue weighted by molar-refractivity contribution is 0.450. The van der Waals surface area contributed by atoms with Crippen molar-refractivity contribution in [3.05, 3.63) is 53.0 Å². The Labute approximate surface area is 118 Å². The van der Waals surface area contributed by atoms with Crippen molar-refractivity contribution in [2.24, 2.45) is 5.73 Å². The zero-order chi connectivity index (χ0) is 14.7. The van der Waals surface area contributed by atoms with Crippen LogP contribution in [0.1, 0.15) is 23.6 Å². The fourth-order valence-corrected chi connectivity index (χ4v) is 2.00. The van der Waals surface area contributed by atoms with E-state index in [1.807, 2.05) is 26.8 Å². The number of benzene rings is 1. The number of aryl methyl sites for hydroxylation is 2. The lowest BCUT2D eigenvalue weighted by Crippen LogP contribution is -2.17. The average molecular weight is 274 g/mol. The van der Waals surface area contributed by atoms with Crippen molar-refractivity contribution in [1.82, 2.24) is 4.98 Å². The number of nitrogens with two attached hydrogens (primary N) is 1. The molecule has 1 heterocycles. The zero-order valence-corrected chi connectivity index (χ0v) is 12.0. The molecule has 1 unspecified atom stereocenters. The van der Waals surface area contributed by atoms with Gasteiger partial charge in [-0.25, -0.2) is 9.37 Å². The molecule has 1 aromatic heterocycles. The van der Waals surface area contributed by atoms with Gasteiger partial charge in [-0.3, -0.25) is 0 Å². The second-order valence-corrected chi connectivity index (χ2v) is 5.16. The molecule has 2 N–H and O–H groups in total. The number of hydrogen-bond donors (Lipinski definition) is 1. The van der Waals surface area contributed by atoms with Crippen molar-refractivity contribution in [2.75, 3.05) is 0 Å². The van der Waals surface area contributed by atoms with Gasteiger partial charge in [0.1, 0.15) is 11.6 Å². The van der Waals surface area contributed by atoms with Gasteiger partial charge in [0.25, 0.3) is 0 Å². The van der Waals surface area contributed by atoms with Crippen LogP contribution in [0.15, 0.2) is 30.5 Å². The molecular formula is C16H19FN2O. The predicted molar refractivity (Wildman–Crippen MR) is 77.5 cm³/mol. The van der Waals surface area contributed by atoms with Gasteiger partial charge in [0.2, 0.25) is 5.88 Å². The van der Waals surface area contributed by atoms with Crippen molar-refractivity contribution in [3.8, 4) is 11.6 Å². The Morgan fingerprint density at radius 2 is 2.00 bits per heavy atom. The quantitative estimate of drug-likeness (QED) is 0.928.